The molecule has 0 saturated heterocycles. The summed E-state index contributed by atoms with van der Waals surface area (Å²) in [6.45, 7) is 4.00. The van der Waals surface area contributed by atoms with Crippen molar-refractivity contribution in [3.63, 3.8) is 0 Å². The fraction of sp³-hybridized carbons (Fsp3) is 0.222. The van der Waals surface area contributed by atoms with Gasteiger partial charge in [0.1, 0.15) is 5.75 Å². The van der Waals surface area contributed by atoms with Crippen LogP contribution in [0.4, 0.5) is 0 Å². The molecule has 3 heteroatoms. The quantitative estimate of drug-likeness (QED) is 0.672. The van der Waals surface area contributed by atoms with Gasteiger partial charge in [0.15, 0.2) is 0 Å². The van der Waals surface area contributed by atoms with E-state index in [4.69, 9.17) is 22.0 Å². The van der Waals surface area contributed by atoms with Gasteiger partial charge < -0.3 is 5.11 Å². The van der Waals surface area contributed by atoms with Gasteiger partial charge in [-0.3, -0.25) is 0 Å². The summed E-state index contributed by atoms with van der Waals surface area (Å²) in [5.41, 5.74) is 0.366. The molecular formula is C9H10ClNO. The van der Waals surface area contributed by atoms with Crippen LogP contribution in [0.5, 0.6) is 5.75 Å². The predicted octanol–water partition coefficient (Wildman–Crippen LogP) is 2.94. The van der Waals surface area contributed by atoms with Gasteiger partial charge in [0.05, 0.1) is 11.6 Å². The highest BCUT2D eigenvalue weighted by Crippen LogP contribution is 2.18. The maximum atomic E-state index is 8.89. The van der Waals surface area contributed by atoms with Crippen molar-refractivity contribution < 1.29 is 5.11 Å². The molecule has 0 bridgehead atoms. The topological polar surface area (TPSA) is 44.0 Å². The van der Waals surface area contributed by atoms with E-state index < -0.39 is 0 Å². The molecule has 0 radical (unpaired) electrons. The average Bonchev–Trinajstić information content (AvgIpc) is 2.06. The van der Waals surface area contributed by atoms with Crippen LogP contribution in [0.1, 0.15) is 19.4 Å². The largest absolute Gasteiger partial charge is 0.508 e. The number of hydrogen-bond donors (Lipinski definition) is 1. The molecule has 12 heavy (non-hydrogen) atoms. The molecule has 0 aliphatic carbocycles. The molecule has 0 fully saturated rings. The highest BCUT2D eigenvalue weighted by Gasteiger charge is 1.95. The van der Waals surface area contributed by atoms with Gasteiger partial charge in [0.25, 0.3) is 0 Å². The summed E-state index contributed by atoms with van der Waals surface area (Å²) in [6, 6.07) is 6.08. The summed E-state index contributed by atoms with van der Waals surface area (Å²) >= 11 is 5.52. The first-order chi connectivity index (χ1) is 5.72. The molecule has 0 amide bonds. The zero-order valence-electron chi connectivity index (χ0n) is 7.00. The van der Waals surface area contributed by atoms with E-state index in [0.717, 1.165) is 0 Å². The second-order valence-corrected chi connectivity index (χ2v) is 2.25. The summed E-state index contributed by atoms with van der Waals surface area (Å²) in [4.78, 5) is 0. The zero-order chi connectivity index (χ0) is 9.56. The number of aromatic hydroxyl groups is 1. The Hall–Kier alpha value is -1.20. The lowest BCUT2D eigenvalue weighted by atomic mass is 10.2. The molecule has 1 aromatic carbocycles. The number of nitriles is 1. The molecule has 1 rings (SSSR count). The molecule has 0 atom stereocenters. The molecule has 0 saturated carbocycles. The van der Waals surface area contributed by atoms with Gasteiger partial charge in [-0.1, -0.05) is 25.4 Å². The smallest absolute Gasteiger partial charge is 0.118 e. The van der Waals surface area contributed by atoms with Crippen molar-refractivity contribution in [3.05, 3.63) is 28.8 Å². The second-order valence-electron chi connectivity index (χ2n) is 1.81. The molecule has 0 aliphatic heterocycles. The standard InChI is InChI=1S/C7H4ClNO.C2H6/c8-6-1-5(4-9)2-7(10)3-6;1-2/h1-3,10H;1-2H3. The van der Waals surface area contributed by atoms with Crippen molar-refractivity contribution in [2.45, 2.75) is 13.8 Å². The molecule has 1 N–H and O–H groups in total. The van der Waals surface area contributed by atoms with Gasteiger partial charge in [-0.15, -0.1) is 0 Å². The second kappa shape index (κ2) is 5.45. The Morgan fingerprint density at radius 1 is 1.33 bits per heavy atom. The Morgan fingerprint density at radius 2 is 1.92 bits per heavy atom. The SMILES string of the molecule is CC.N#Cc1cc(O)cc(Cl)c1. The monoisotopic (exact) mass is 183 g/mol. The molecule has 64 valence electrons. The minimum absolute atomic E-state index is 0.0176. The van der Waals surface area contributed by atoms with E-state index in [2.05, 4.69) is 0 Å². The van der Waals surface area contributed by atoms with E-state index in [1.54, 1.807) is 0 Å². The van der Waals surface area contributed by atoms with Crippen LogP contribution in [0.15, 0.2) is 18.2 Å². The van der Waals surface area contributed by atoms with Crippen molar-refractivity contribution in [2.75, 3.05) is 0 Å². The van der Waals surface area contributed by atoms with Crippen LogP contribution < -0.4 is 0 Å². The number of halogens is 1. The van der Waals surface area contributed by atoms with Gasteiger partial charge in [-0.2, -0.15) is 5.26 Å². The third-order valence-corrected chi connectivity index (χ3v) is 1.23. The lowest BCUT2D eigenvalue weighted by Gasteiger charge is -1.92. The highest BCUT2D eigenvalue weighted by atomic mass is 35.5. The van der Waals surface area contributed by atoms with E-state index in [0.29, 0.717) is 10.6 Å². The molecule has 1 aromatic rings. The summed E-state index contributed by atoms with van der Waals surface area (Å²) in [5, 5.41) is 17.6. The van der Waals surface area contributed by atoms with Crippen molar-refractivity contribution in [3.8, 4) is 11.8 Å². The Balaban J connectivity index is 0.000000561. The maximum absolute atomic E-state index is 8.89. The van der Waals surface area contributed by atoms with Gasteiger partial charge >= 0.3 is 0 Å². The molecule has 0 heterocycles. The minimum Gasteiger partial charge on any atom is -0.508 e. The lowest BCUT2D eigenvalue weighted by molar-refractivity contribution is 0.475. The van der Waals surface area contributed by atoms with Crippen LogP contribution in [-0.2, 0) is 0 Å². The van der Waals surface area contributed by atoms with Crippen LogP contribution in [0, 0.1) is 11.3 Å². The average molecular weight is 184 g/mol. The highest BCUT2D eigenvalue weighted by molar-refractivity contribution is 6.30. The van der Waals surface area contributed by atoms with Crippen LogP contribution in [0.3, 0.4) is 0 Å². The Bertz CT molecular complexity index is 271. The van der Waals surface area contributed by atoms with Crippen molar-refractivity contribution >= 4 is 11.6 Å². The number of phenolic OH excluding ortho intramolecular Hbond substituents is 1. The van der Waals surface area contributed by atoms with E-state index in [9.17, 15) is 0 Å². The number of nitrogens with zero attached hydrogens (tertiary/aromatic N) is 1. The summed E-state index contributed by atoms with van der Waals surface area (Å²) < 4.78 is 0. The van der Waals surface area contributed by atoms with Gasteiger partial charge in [-0.25, -0.2) is 0 Å². The zero-order valence-corrected chi connectivity index (χ0v) is 7.76. The van der Waals surface area contributed by atoms with Crippen LogP contribution in [-0.4, -0.2) is 5.11 Å². The predicted molar refractivity (Wildman–Crippen MR) is 49.2 cm³/mol. The van der Waals surface area contributed by atoms with E-state index in [1.807, 2.05) is 19.9 Å². The minimum atomic E-state index is 0.0176. The molecule has 0 aliphatic rings. The lowest BCUT2D eigenvalue weighted by Crippen LogP contribution is -1.72. The van der Waals surface area contributed by atoms with Crippen LogP contribution in [0.25, 0.3) is 0 Å². The third-order valence-electron chi connectivity index (χ3n) is 1.01. The van der Waals surface area contributed by atoms with Gasteiger partial charge in [-0.05, 0) is 18.2 Å². The molecule has 0 unspecified atom stereocenters. The first-order valence-electron chi connectivity index (χ1n) is 3.62. The summed E-state index contributed by atoms with van der Waals surface area (Å²) in [5.74, 6) is 0.0176. The fourth-order valence-corrected chi connectivity index (χ4v) is 0.868. The van der Waals surface area contributed by atoms with E-state index >= 15 is 0 Å². The number of rotatable bonds is 0. The van der Waals surface area contributed by atoms with E-state index in [-0.39, 0.29) is 5.75 Å². The van der Waals surface area contributed by atoms with Crippen LogP contribution in [0.2, 0.25) is 5.02 Å². The molecule has 0 spiro atoms. The van der Waals surface area contributed by atoms with Gasteiger partial charge in [0, 0.05) is 5.02 Å². The van der Waals surface area contributed by atoms with Crippen LogP contribution >= 0.6 is 11.6 Å². The third kappa shape index (κ3) is 3.27. The maximum Gasteiger partial charge on any atom is 0.118 e. The normalized spacial score (nSPS) is 7.83. The first kappa shape index (κ1) is 10.8. The number of phenols is 1. The summed E-state index contributed by atoms with van der Waals surface area (Å²) in [6.07, 6.45) is 0. The molecule has 2 nitrogen and oxygen atoms in total. The molecule has 0 aromatic heterocycles. The Morgan fingerprint density at radius 3 is 2.33 bits per heavy atom. The fourth-order valence-electron chi connectivity index (χ4n) is 0.639. The summed E-state index contributed by atoms with van der Waals surface area (Å²) in [7, 11) is 0. The number of benzene rings is 1. The Kier molecular flexibility index (Phi) is 4.91. The van der Waals surface area contributed by atoms with Crippen molar-refractivity contribution in [1.82, 2.24) is 0 Å². The van der Waals surface area contributed by atoms with Crippen molar-refractivity contribution in [2.24, 2.45) is 0 Å². The van der Waals surface area contributed by atoms with E-state index in [1.165, 1.54) is 18.2 Å². The molecular weight excluding hydrogens is 174 g/mol. The van der Waals surface area contributed by atoms with Gasteiger partial charge in [0.2, 0.25) is 0 Å². The Labute approximate surface area is 77.0 Å². The first-order valence-corrected chi connectivity index (χ1v) is 4.00. The number of hydrogen-bond acceptors (Lipinski definition) is 2. The van der Waals surface area contributed by atoms with Crippen molar-refractivity contribution in [1.29, 1.82) is 5.26 Å².